The van der Waals surface area contributed by atoms with E-state index in [0.29, 0.717) is 33.7 Å². The molecule has 0 bridgehead atoms. The molecule has 0 unspecified atom stereocenters. The number of ether oxygens (including phenoxy) is 2. The SMILES string of the molecule is COc1ccc(C#Cc2ccc3c(c2)[C@]2(C(=O)N3)[C@H](C(=O)NC[C@H](O)c3ccccc3)[C@H]3C(=O)O[C@H](c4ccccc4)[C@H](c4ccccc4)N3[C@@H]2c2ccc(O)cc2)cc1. The van der Waals surface area contributed by atoms with Crippen LogP contribution in [0.25, 0.3) is 0 Å². The first-order chi connectivity index (χ1) is 29.3. The van der Waals surface area contributed by atoms with Crippen molar-refractivity contribution in [3.05, 3.63) is 197 Å². The minimum absolute atomic E-state index is 0.0127. The third-order valence-electron chi connectivity index (χ3n) is 11.9. The summed E-state index contributed by atoms with van der Waals surface area (Å²) < 4.78 is 11.8. The molecule has 9 rings (SSSR count). The largest absolute Gasteiger partial charge is 0.508 e. The Morgan fingerprint density at radius 1 is 0.783 bits per heavy atom. The van der Waals surface area contributed by atoms with Crippen molar-refractivity contribution in [2.75, 3.05) is 19.0 Å². The summed E-state index contributed by atoms with van der Waals surface area (Å²) in [6.07, 6.45) is -1.90. The number of nitrogens with one attached hydrogen (secondary N) is 2. The lowest BCUT2D eigenvalue weighted by Crippen LogP contribution is -2.55. The summed E-state index contributed by atoms with van der Waals surface area (Å²) in [4.78, 5) is 47.6. The number of amides is 2. The zero-order valence-corrected chi connectivity index (χ0v) is 32.6. The molecule has 0 saturated carbocycles. The molecule has 60 heavy (non-hydrogen) atoms. The fourth-order valence-corrected chi connectivity index (χ4v) is 9.25. The van der Waals surface area contributed by atoms with E-state index < -0.39 is 59.5 Å². The molecule has 0 aliphatic carbocycles. The number of methoxy groups -OCH3 is 1. The quantitative estimate of drug-likeness (QED) is 0.0963. The van der Waals surface area contributed by atoms with Gasteiger partial charge in [0.25, 0.3) is 0 Å². The number of morpholine rings is 1. The highest BCUT2D eigenvalue weighted by Gasteiger charge is 2.74. The highest BCUT2D eigenvalue weighted by molar-refractivity contribution is 6.12. The number of hydrogen-bond donors (Lipinski definition) is 4. The normalized spacial score (nSPS) is 23.3. The second-order valence-electron chi connectivity index (χ2n) is 15.2. The van der Waals surface area contributed by atoms with Gasteiger partial charge in [0.2, 0.25) is 11.8 Å². The number of aliphatic hydroxyl groups is 1. The molecule has 2 amide bonds. The summed E-state index contributed by atoms with van der Waals surface area (Å²) in [7, 11) is 1.60. The minimum atomic E-state index is -1.76. The van der Waals surface area contributed by atoms with E-state index in [2.05, 4.69) is 22.5 Å². The second kappa shape index (κ2) is 15.9. The van der Waals surface area contributed by atoms with E-state index in [1.54, 1.807) is 61.7 Å². The van der Waals surface area contributed by atoms with Crippen LogP contribution in [-0.4, -0.2) is 52.6 Å². The van der Waals surface area contributed by atoms with Crippen molar-refractivity contribution in [2.45, 2.75) is 35.7 Å². The van der Waals surface area contributed by atoms with Crippen LogP contribution in [0, 0.1) is 17.8 Å². The maximum absolute atomic E-state index is 15.4. The number of carbonyl (C=O) groups excluding carboxylic acids is 3. The molecule has 6 aromatic rings. The lowest BCUT2D eigenvalue weighted by Gasteiger charge is -2.46. The van der Waals surface area contributed by atoms with Gasteiger partial charge in [-0.05, 0) is 82.4 Å². The Balaban J connectivity index is 1.27. The molecular weight excluding hydrogens is 755 g/mol. The summed E-state index contributed by atoms with van der Waals surface area (Å²) in [5.74, 6) is 4.03. The average Bonchev–Trinajstić information content (AvgIpc) is 3.77. The maximum atomic E-state index is 15.4. The van der Waals surface area contributed by atoms with Crippen molar-refractivity contribution in [2.24, 2.45) is 5.92 Å². The van der Waals surface area contributed by atoms with Crippen LogP contribution < -0.4 is 15.4 Å². The van der Waals surface area contributed by atoms with Crippen LogP contribution >= 0.6 is 0 Å². The van der Waals surface area contributed by atoms with Gasteiger partial charge in [0, 0.05) is 23.4 Å². The Bertz CT molecular complexity index is 2610. The number of cyclic esters (lactones) is 1. The number of hydrogen-bond acceptors (Lipinski definition) is 8. The fourth-order valence-electron chi connectivity index (χ4n) is 9.25. The molecule has 298 valence electrons. The number of aromatic hydroxyl groups is 1. The maximum Gasteiger partial charge on any atom is 0.324 e. The Morgan fingerprint density at radius 2 is 1.40 bits per heavy atom. The molecule has 6 aromatic carbocycles. The van der Waals surface area contributed by atoms with Gasteiger partial charge in [-0.25, -0.2) is 0 Å². The molecule has 7 atom stereocenters. The molecule has 2 saturated heterocycles. The van der Waals surface area contributed by atoms with Crippen molar-refractivity contribution >= 4 is 23.5 Å². The van der Waals surface area contributed by atoms with Gasteiger partial charge in [0.15, 0.2) is 0 Å². The molecule has 3 aliphatic rings. The van der Waals surface area contributed by atoms with Gasteiger partial charge in [-0.1, -0.05) is 115 Å². The van der Waals surface area contributed by atoms with Gasteiger partial charge in [0.05, 0.1) is 31.2 Å². The van der Waals surface area contributed by atoms with Crippen LogP contribution in [0.4, 0.5) is 5.69 Å². The van der Waals surface area contributed by atoms with Crippen molar-refractivity contribution in [1.29, 1.82) is 0 Å². The van der Waals surface area contributed by atoms with Gasteiger partial charge in [-0.3, -0.25) is 19.3 Å². The van der Waals surface area contributed by atoms with Crippen molar-refractivity contribution in [3.8, 4) is 23.3 Å². The molecule has 0 radical (unpaired) electrons. The van der Waals surface area contributed by atoms with Gasteiger partial charge in [-0.2, -0.15) is 0 Å². The van der Waals surface area contributed by atoms with Gasteiger partial charge >= 0.3 is 5.97 Å². The molecule has 1 spiro atoms. The predicted octanol–water partition coefficient (Wildman–Crippen LogP) is 6.92. The summed E-state index contributed by atoms with van der Waals surface area (Å²) in [5, 5.41) is 27.8. The number of phenolic OH excluding ortho intramolecular Hbond substituents is 1. The smallest absolute Gasteiger partial charge is 0.324 e. The fraction of sp³-hybridized carbons (Fsp3) is 0.180. The number of benzene rings is 6. The highest BCUT2D eigenvalue weighted by atomic mass is 16.6. The molecule has 10 nitrogen and oxygen atoms in total. The molecule has 0 aromatic heterocycles. The van der Waals surface area contributed by atoms with Crippen molar-refractivity contribution in [3.63, 3.8) is 0 Å². The van der Waals surface area contributed by atoms with E-state index in [4.69, 9.17) is 9.47 Å². The first kappa shape index (κ1) is 38.3. The lowest BCUT2D eigenvalue weighted by molar-refractivity contribution is -0.178. The zero-order valence-electron chi connectivity index (χ0n) is 32.6. The van der Waals surface area contributed by atoms with E-state index in [9.17, 15) is 15.0 Å². The first-order valence-electron chi connectivity index (χ1n) is 19.8. The van der Waals surface area contributed by atoms with E-state index in [-0.39, 0.29) is 12.3 Å². The number of esters is 1. The number of aliphatic hydroxyl groups excluding tert-OH is 1. The van der Waals surface area contributed by atoms with Crippen LogP contribution in [0.1, 0.15) is 63.2 Å². The number of rotatable bonds is 8. The zero-order chi connectivity index (χ0) is 41.4. The summed E-state index contributed by atoms with van der Waals surface area (Å²) in [5.41, 5.74) is 3.27. The number of nitrogens with zero attached hydrogens (tertiary/aromatic N) is 1. The summed E-state index contributed by atoms with van der Waals surface area (Å²) >= 11 is 0. The van der Waals surface area contributed by atoms with Crippen LogP contribution in [0.2, 0.25) is 0 Å². The molecule has 10 heteroatoms. The van der Waals surface area contributed by atoms with E-state index in [0.717, 1.165) is 16.7 Å². The standard InChI is InChI=1S/C50H41N3O7/c1-59-38-26-19-31(20-27-38)17-18-32-21-28-40-39(29-32)50(49(58)52-40)42(47(56)51-30-41(55)33-11-5-2-6-12-33)44-48(57)60-45(35-15-9-4-10-16-35)43(34-13-7-3-8-14-34)53(44)46(50)36-22-24-37(54)25-23-36/h2-16,19-29,41-46,54-55H,30H2,1H3,(H,51,56)(H,52,58)/t41-,42-,43-,44-,45+,46+,50-/m0/s1. The Morgan fingerprint density at radius 3 is 2.07 bits per heavy atom. The van der Waals surface area contributed by atoms with Gasteiger partial charge in [-0.15, -0.1) is 0 Å². The van der Waals surface area contributed by atoms with E-state index in [1.807, 2.05) is 108 Å². The Labute approximate surface area is 347 Å². The lowest BCUT2D eigenvalue weighted by atomic mass is 9.65. The predicted molar refractivity (Wildman–Crippen MR) is 225 cm³/mol. The van der Waals surface area contributed by atoms with Crippen LogP contribution in [0.15, 0.2) is 158 Å². The van der Waals surface area contributed by atoms with E-state index in [1.165, 1.54) is 0 Å². The summed E-state index contributed by atoms with van der Waals surface area (Å²) in [6, 6.07) is 44.4. The monoisotopic (exact) mass is 795 g/mol. The van der Waals surface area contributed by atoms with Crippen molar-refractivity contribution in [1.82, 2.24) is 10.2 Å². The first-order valence-corrected chi connectivity index (χ1v) is 19.8. The highest BCUT2D eigenvalue weighted by Crippen LogP contribution is 2.64. The van der Waals surface area contributed by atoms with Gasteiger partial charge < -0.3 is 30.3 Å². The third kappa shape index (κ3) is 6.64. The number of anilines is 1. The van der Waals surface area contributed by atoms with Crippen LogP contribution in [0.3, 0.4) is 0 Å². The topological polar surface area (TPSA) is 137 Å². The number of fused-ring (bicyclic) bond motifs is 3. The second-order valence-corrected chi connectivity index (χ2v) is 15.2. The summed E-state index contributed by atoms with van der Waals surface area (Å²) in [6.45, 7) is -0.183. The van der Waals surface area contributed by atoms with Gasteiger partial charge in [0.1, 0.15) is 29.1 Å². The molecule has 2 fully saturated rings. The molecule has 4 N–H and O–H groups in total. The molecule has 3 heterocycles. The van der Waals surface area contributed by atoms with Crippen LogP contribution in [-0.2, 0) is 24.5 Å². The molecule has 3 aliphatic heterocycles. The molecular formula is C50H41N3O7. The van der Waals surface area contributed by atoms with E-state index >= 15 is 9.59 Å². The van der Waals surface area contributed by atoms with Crippen molar-refractivity contribution < 1.29 is 34.1 Å². The average molecular weight is 796 g/mol. The Hall–Kier alpha value is -7.19. The minimum Gasteiger partial charge on any atom is -0.508 e. The third-order valence-corrected chi connectivity index (χ3v) is 11.9. The van der Waals surface area contributed by atoms with Crippen LogP contribution in [0.5, 0.6) is 11.5 Å². The number of carbonyl (C=O) groups is 3. The Kier molecular flexibility index (Phi) is 10.1. The number of phenols is 1.